The molecule has 1 aliphatic heterocycles. The van der Waals surface area contributed by atoms with Gasteiger partial charge in [0.1, 0.15) is 17.4 Å². The molecule has 0 N–H and O–H groups in total. The molecular formula is C30H26F5N3O2. The number of carbonyl (C=O) groups is 1. The van der Waals surface area contributed by atoms with E-state index < -0.39 is 35.4 Å². The number of amides is 1. The second-order valence-electron chi connectivity index (χ2n) is 10.3. The van der Waals surface area contributed by atoms with E-state index in [1.165, 1.54) is 4.90 Å². The van der Waals surface area contributed by atoms with Crippen LogP contribution in [0.3, 0.4) is 0 Å². The van der Waals surface area contributed by atoms with Crippen LogP contribution in [0.15, 0.2) is 54.6 Å². The molecule has 1 aliphatic carbocycles. The number of halogens is 5. The summed E-state index contributed by atoms with van der Waals surface area (Å²) in [6, 6.07) is 14.7. The molecule has 1 aromatic heterocycles. The number of ether oxygens (including phenoxy) is 1. The number of aromatic nitrogens is 1. The molecule has 5 rings (SSSR count). The summed E-state index contributed by atoms with van der Waals surface area (Å²) in [6.45, 7) is 2.55. The molecule has 3 aromatic rings. The molecule has 1 amide bonds. The van der Waals surface area contributed by atoms with E-state index in [1.54, 1.807) is 7.11 Å². The molecule has 0 spiro atoms. The predicted molar refractivity (Wildman–Crippen MR) is 136 cm³/mol. The van der Waals surface area contributed by atoms with E-state index in [0.29, 0.717) is 0 Å². The quantitative estimate of drug-likeness (QED) is 0.321. The normalized spacial score (nSPS) is 22.4. The van der Waals surface area contributed by atoms with Gasteiger partial charge in [-0.25, -0.2) is 13.8 Å². The molecule has 2 heterocycles. The largest absolute Gasteiger partial charge is 0.416 e. The lowest BCUT2D eigenvalue weighted by Gasteiger charge is -2.47. The van der Waals surface area contributed by atoms with Crippen molar-refractivity contribution < 1.29 is 31.5 Å². The highest BCUT2D eigenvalue weighted by atomic mass is 19.4. The van der Waals surface area contributed by atoms with Crippen LogP contribution in [0.2, 0.25) is 0 Å². The van der Waals surface area contributed by atoms with Crippen molar-refractivity contribution >= 4 is 5.91 Å². The number of fused-ring (bicyclic) bond motifs is 2. The first-order chi connectivity index (χ1) is 19.0. The molecule has 0 radical (unpaired) electrons. The van der Waals surface area contributed by atoms with Gasteiger partial charge in [0.05, 0.1) is 22.4 Å². The Labute approximate surface area is 228 Å². The third-order valence-electron chi connectivity index (χ3n) is 8.18. The van der Waals surface area contributed by atoms with Crippen LogP contribution in [0, 0.1) is 30.1 Å². The van der Waals surface area contributed by atoms with Gasteiger partial charge in [0.2, 0.25) is 0 Å². The number of hydrogen-bond acceptors (Lipinski definition) is 4. The zero-order valence-electron chi connectivity index (χ0n) is 21.8. The second kappa shape index (κ2) is 10.3. The summed E-state index contributed by atoms with van der Waals surface area (Å²) >= 11 is 0. The fraction of sp³-hybridized carbons (Fsp3) is 0.367. The van der Waals surface area contributed by atoms with Crippen molar-refractivity contribution in [2.75, 3.05) is 20.2 Å². The van der Waals surface area contributed by atoms with Crippen LogP contribution >= 0.6 is 0 Å². The van der Waals surface area contributed by atoms with Gasteiger partial charge in [-0.15, -0.1) is 0 Å². The maximum atomic E-state index is 14.2. The van der Waals surface area contributed by atoms with Crippen LogP contribution in [0.25, 0.3) is 11.3 Å². The van der Waals surface area contributed by atoms with Gasteiger partial charge < -0.3 is 9.64 Å². The molecule has 208 valence electrons. The standard InChI is InChI=1S/C30H26F5N3O2/c1-17-3-7-20(8-4-17)29(40-2)22-11-12-23(29)16-38(15-22)28(39)24-13-19(14-36)25(37-26(24)27(31)32)18-5-9-21(10-6-18)30(33,34)35/h3-10,13,22-23,27H,11-12,15-16H2,1-2H3/t22-,23+,29?. The van der Waals surface area contributed by atoms with Gasteiger partial charge in [0.15, 0.2) is 0 Å². The summed E-state index contributed by atoms with van der Waals surface area (Å²) in [5, 5.41) is 9.75. The Balaban J connectivity index is 1.48. The van der Waals surface area contributed by atoms with Crippen LogP contribution in [0.5, 0.6) is 0 Å². The maximum Gasteiger partial charge on any atom is 0.416 e. The molecule has 2 aromatic carbocycles. The maximum absolute atomic E-state index is 14.2. The van der Waals surface area contributed by atoms with Crippen LogP contribution in [-0.4, -0.2) is 36.0 Å². The van der Waals surface area contributed by atoms with E-state index in [9.17, 15) is 32.0 Å². The minimum absolute atomic E-state index is 0.0597. The van der Waals surface area contributed by atoms with Gasteiger partial charge >= 0.3 is 6.18 Å². The zero-order valence-corrected chi connectivity index (χ0v) is 21.8. The number of nitriles is 1. The number of methoxy groups -OCH3 is 1. The third kappa shape index (κ3) is 4.62. The Hall–Kier alpha value is -3.84. The minimum Gasteiger partial charge on any atom is -0.373 e. The van der Waals surface area contributed by atoms with Crippen molar-refractivity contribution in [3.05, 3.63) is 88.1 Å². The fourth-order valence-electron chi connectivity index (χ4n) is 6.29. The Morgan fingerprint density at radius 1 is 1.07 bits per heavy atom. The molecule has 2 aliphatic rings. The Morgan fingerprint density at radius 2 is 1.68 bits per heavy atom. The molecule has 2 bridgehead atoms. The SMILES string of the molecule is COC1(c2ccc(C)cc2)[C@@H]2CC[C@H]1CN(C(=O)c1cc(C#N)c(-c3ccc(C(F)(F)F)cc3)nc1C(F)F)C2. The van der Waals surface area contributed by atoms with Crippen LogP contribution in [0.1, 0.15) is 57.6 Å². The van der Waals surface area contributed by atoms with Crippen molar-refractivity contribution in [1.82, 2.24) is 9.88 Å². The number of benzene rings is 2. The number of rotatable bonds is 5. The van der Waals surface area contributed by atoms with Crippen LogP contribution in [-0.2, 0) is 16.5 Å². The first kappa shape index (κ1) is 27.7. The average molecular weight is 556 g/mol. The van der Waals surface area contributed by atoms with Crippen molar-refractivity contribution in [2.45, 2.75) is 38.0 Å². The Bertz CT molecular complexity index is 1450. The van der Waals surface area contributed by atoms with Gasteiger partial charge in [-0.3, -0.25) is 4.79 Å². The second-order valence-corrected chi connectivity index (χ2v) is 10.3. The lowest BCUT2D eigenvalue weighted by molar-refractivity contribution is -0.137. The molecule has 10 heteroatoms. The van der Waals surface area contributed by atoms with Crippen LogP contribution < -0.4 is 0 Å². The molecule has 1 saturated carbocycles. The number of alkyl halides is 5. The van der Waals surface area contributed by atoms with E-state index >= 15 is 0 Å². The number of hydrogen-bond donors (Lipinski definition) is 0. The summed E-state index contributed by atoms with van der Waals surface area (Å²) in [7, 11) is 1.65. The highest BCUT2D eigenvalue weighted by Crippen LogP contribution is 2.53. The van der Waals surface area contributed by atoms with Gasteiger partial charge in [-0.2, -0.15) is 18.4 Å². The molecule has 1 saturated heterocycles. The lowest BCUT2D eigenvalue weighted by Crippen LogP contribution is -2.54. The van der Waals surface area contributed by atoms with E-state index in [1.807, 2.05) is 37.3 Å². The fourth-order valence-corrected chi connectivity index (χ4v) is 6.29. The summed E-state index contributed by atoms with van der Waals surface area (Å²) in [5.74, 6) is -0.788. The highest BCUT2D eigenvalue weighted by molar-refractivity contribution is 5.96. The summed E-state index contributed by atoms with van der Waals surface area (Å²) in [6.07, 6.45) is -6.13. The Morgan fingerprint density at radius 3 is 2.17 bits per heavy atom. The summed E-state index contributed by atoms with van der Waals surface area (Å²) in [5.41, 5.74) is -0.929. The topological polar surface area (TPSA) is 66.2 Å². The lowest BCUT2D eigenvalue weighted by atomic mass is 9.74. The number of piperidine rings is 1. The highest BCUT2D eigenvalue weighted by Gasteiger charge is 2.56. The van der Waals surface area contributed by atoms with Crippen molar-refractivity contribution in [2.24, 2.45) is 11.8 Å². The average Bonchev–Trinajstić information content (AvgIpc) is 3.12. The van der Waals surface area contributed by atoms with Gasteiger partial charge in [-0.05, 0) is 43.5 Å². The summed E-state index contributed by atoms with van der Waals surface area (Å²) < 4.78 is 73.5. The molecule has 40 heavy (non-hydrogen) atoms. The number of likely N-dealkylation sites (tertiary alicyclic amines) is 1. The molecule has 2 fully saturated rings. The van der Waals surface area contributed by atoms with Gasteiger partial charge in [0, 0.05) is 37.6 Å². The number of pyridine rings is 1. The van der Waals surface area contributed by atoms with E-state index in [4.69, 9.17) is 4.74 Å². The molecular weight excluding hydrogens is 529 g/mol. The Kier molecular flexibility index (Phi) is 7.13. The smallest absolute Gasteiger partial charge is 0.373 e. The van der Waals surface area contributed by atoms with Gasteiger partial charge in [0.25, 0.3) is 12.3 Å². The number of nitrogens with zero attached hydrogens (tertiary/aromatic N) is 3. The molecule has 3 atom stereocenters. The zero-order chi connectivity index (χ0) is 28.8. The monoisotopic (exact) mass is 555 g/mol. The first-order valence-electron chi connectivity index (χ1n) is 12.8. The van der Waals surface area contributed by atoms with E-state index in [0.717, 1.165) is 54.3 Å². The summed E-state index contributed by atoms with van der Waals surface area (Å²) in [4.78, 5) is 19.1. The first-order valence-corrected chi connectivity index (χ1v) is 12.8. The van der Waals surface area contributed by atoms with E-state index in [2.05, 4.69) is 4.98 Å². The van der Waals surface area contributed by atoms with Crippen LogP contribution in [0.4, 0.5) is 22.0 Å². The molecule has 5 nitrogen and oxygen atoms in total. The van der Waals surface area contributed by atoms with Gasteiger partial charge in [-0.1, -0.05) is 42.0 Å². The van der Waals surface area contributed by atoms with Crippen molar-refractivity contribution in [1.29, 1.82) is 5.26 Å². The predicted octanol–water partition coefficient (Wildman–Crippen LogP) is 6.91. The molecule has 1 unspecified atom stereocenters. The number of carbonyl (C=O) groups excluding carboxylic acids is 1. The minimum atomic E-state index is -4.58. The van der Waals surface area contributed by atoms with E-state index in [-0.39, 0.29) is 47.3 Å². The number of aryl methyl sites for hydroxylation is 1. The third-order valence-corrected chi connectivity index (χ3v) is 8.18. The van der Waals surface area contributed by atoms with Crippen molar-refractivity contribution in [3.63, 3.8) is 0 Å². The van der Waals surface area contributed by atoms with Crippen molar-refractivity contribution in [3.8, 4) is 17.3 Å².